The van der Waals surface area contributed by atoms with Gasteiger partial charge in [0, 0.05) is 12.6 Å². The van der Waals surface area contributed by atoms with E-state index in [0.717, 1.165) is 25.0 Å². The molecule has 0 aliphatic heterocycles. The smallest absolute Gasteiger partial charge is 0.0958 e. The summed E-state index contributed by atoms with van der Waals surface area (Å²) in [6.07, 6.45) is 2.91. The molecule has 1 aromatic carbocycles. The lowest BCUT2D eigenvalue weighted by Crippen LogP contribution is -2.44. The Hall–Kier alpha value is -1.39. The van der Waals surface area contributed by atoms with Gasteiger partial charge in [0.15, 0.2) is 0 Å². The second-order valence-corrected chi connectivity index (χ2v) is 5.61. The maximum Gasteiger partial charge on any atom is 0.0958 e. The van der Waals surface area contributed by atoms with E-state index in [2.05, 4.69) is 20.9 Å². The zero-order valence-electron chi connectivity index (χ0n) is 11.9. The summed E-state index contributed by atoms with van der Waals surface area (Å²) in [6, 6.07) is 8.25. The highest BCUT2D eigenvalue weighted by Crippen LogP contribution is 2.12. The zero-order chi connectivity index (χ0) is 13.9. The maximum atomic E-state index is 9.83. The monoisotopic (exact) mass is 261 g/mol. The summed E-state index contributed by atoms with van der Waals surface area (Å²) in [5.41, 5.74) is 1.54. The van der Waals surface area contributed by atoms with E-state index in [1.807, 2.05) is 45.3 Å². The van der Waals surface area contributed by atoms with Crippen LogP contribution in [0.3, 0.4) is 0 Å². The quantitative estimate of drug-likeness (QED) is 0.784. The Morgan fingerprint density at radius 2 is 2.11 bits per heavy atom. The molecule has 0 radical (unpaired) electrons. The Morgan fingerprint density at radius 3 is 2.84 bits per heavy atom. The molecule has 1 heterocycles. The number of fused-ring (bicyclic) bond motifs is 1. The SMILES string of the molecule is CC(NCCCn1cnc2ccccc21)C(C)(C)O. The zero-order valence-corrected chi connectivity index (χ0v) is 11.9. The highest BCUT2D eigenvalue weighted by atomic mass is 16.3. The highest BCUT2D eigenvalue weighted by Gasteiger charge is 2.20. The normalized spacial score (nSPS) is 13.9. The molecule has 1 atom stereocenters. The molecular weight excluding hydrogens is 238 g/mol. The first kappa shape index (κ1) is 14.0. The molecule has 0 spiro atoms. The molecule has 0 amide bonds. The lowest BCUT2D eigenvalue weighted by molar-refractivity contribution is 0.0443. The van der Waals surface area contributed by atoms with Gasteiger partial charge in [0.05, 0.1) is 23.0 Å². The Labute approximate surface area is 114 Å². The van der Waals surface area contributed by atoms with Gasteiger partial charge in [-0.3, -0.25) is 0 Å². The molecule has 4 heteroatoms. The minimum Gasteiger partial charge on any atom is -0.389 e. The van der Waals surface area contributed by atoms with Gasteiger partial charge >= 0.3 is 0 Å². The first-order valence-corrected chi connectivity index (χ1v) is 6.84. The van der Waals surface area contributed by atoms with Crippen LogP contribution in [0.15, 0.2) is 30.6 Å². The second kappa shape index (κ2) is 5.72. The van der Waals surface area contributed by atoms with Gasteiger partial charge in [0.2, 0.25) is 0 Å². The molecular formula is C15H23N3O. The number of aliphatic hydroxyl groups is 1. The first-order chi connectivity index (χ1) is 8.98. The van der Waals surface area contributed by atoms with Gasteiger partial charge in [-0.05, 0) is 45.9 Å². The van der Waals surface area contributed by atoms with Crippen LogP contribution in [-0.4, -0.2) is 32.8 Å². The summed E-state index contributed by atoms with van der Waals surface area (Å²) >= 11 is 0. The Bertz CT molecular complexity index is 527. The van der Waals surface area contributed by atoms with Gasteiger partial charge in [-0.25, -0.2) is 4.98 Å². The molecule has 104 valence electrons. The summed E-state index contributed by atoms with van der Waals surface area (Å²) in [4.78, 5) is 4.37. The van der Waals surface area contributed by atoms with Gasteiger partial charge in [-0.1, -0.05) is 12.1 Å². The Morgan fingerprint density at radius 1 is 1.37 bits per heavy atom. The largest absolute Gasteiger partial charge is 0.389 e. The first-order valence-electron chi connectivity index (χ1n) is 6.84. The molecule has 1 unspecified atom stereocenters. The molecule has 1 aromatic heterocycles. The van der Waals surface area contributed by atoms with Crippen molar-refractivity contribution in [2.45, 2.75) is 45.4 Å². The highest BCUT2D eigenvalue weighted by molar-refractivity contribution is 5.74. The van der Waals surface area contributed by atoms with E-state index >= 15 is 0 Å². The van der Waals surface area contributed by atoms with Crippen LogP contribution in [0.4, 0.5) is 0 Å². The van der Waals surface area contributed by atoms with Gasteiger partial charge in [0.1, 0.15) is 0 Å². The van der Waals surface area contributed by atoms with Crippen molar-refractivity contribution in [1.29, 1.82) is 0 Å². The summed E-state index contributed by atoms with van der Waals surface area (Å²) in [7, 11) is 0. The fourth-order valence-corrected chi connectivity index (χ4v) is 2.01. The molecule has 2 aromatic rings. The molecule has 2 rings (SSSR count). The standard InChI is InChI=1S/C15H23N3O/c1-12(15(2,3)19)16-9-6-10-18-11-17-13-7-4-5-8-14(13)18/h4-5,7-8,11-12,16,19H,6,9-10H2,1-3H3. The predicted octanol–water partition coefficient (Wildman–Crippen LogP) is 2.18. The third kappa shape index (κ3) is 3.55. The number of benzene rings is 1. The molecule has 0 fully saturated rings. The van der Waals surface area contributed by atoms with E-state index in [4.69, 9.17) is 0 Å². The number of imidazole rings is 1. The van der Waals surface area contributed by atoms with E-state index in [9.17, 15) is 5.11 Å². The van der Waals surface area contributed by atoms with Crippen LogP contribution in [0, 0.1) is 0 Å². The molecule has 0 aliphatic rings. The third-order valence-corrected chi connectivity index (χ3v) is 3.61. The van der Waals surface area contributed by atoms with E-state index < -0.39 is 5.60 Å². The summed E-state index contributed by atoms with van der Waals surface area (Å²) in [5, 5.41) is 13.2. The van der Waals surface area contributed by atoms with Crippen LogP contribution >= 0.6 is 0 Å². The van der Waals surface area contributed by atoms with Crippen molar-refractivity contribution in [2.24, 2.45) is 0 Å². The topological polar surface area (TPSA) is 50.1 Å². The number of hydrogen-bond acceptors (Lipinski definition) is 3. The lowest BCUT2D eigenvalue weighted by atomic mass is 10.0. The number of aromatic nitrogens is 2. The van der Waals surface area contributed by atoms with Gasteiger partial charge in [-0.15, -0.1) is 0 Å². The van der Waals surface area contributed by atoms with Crippen molar-refractivity contribution in [1.82, 2.24) is 14.9 Å². The second-order valence-electron chi connectivity index (χ2n) is 5.61. The summed E-state index contributed by atoms with van der Waals surface area (Å²) in [5.74, 6) is 0. The fourth-order valence-electron chi connectivity index (χ4n) is 2.01. The molecule has 2 N–H and O–H groups in total. The molecule has 4 nitrogen and oxygen atoms in total. The van der Waals surface area contributed by atoms with E-state index in [1.165, 1.54) is 5.52 Å². The average Bonchev–Trinajstić information content (AvgIpc) is 2.76. The maximum absolute atomic E-state index is 9.83. The van der Waals surface area contributed by atoms with Crippen LogP contribution in [0.2, 0.25) is 0 Å². The molecule has 0 aliphatic carbocycles. The van der Waals surface area contributed by atoms with Crippen molar-refractivity contribution < 1.29 is 5.11 Å². The van der Waals surface area contributed by atoms with Crippen LogP contribution in [-0.2, 0) is 6.54 Å². The fraction of sp³-hybridized carbons (Fsp3) is 0.533. The Balaban J connectivity index is 1.83. The minimum atomic E-state index is -0.679. The van der Waals surface area contributed by atoms with Crippen LogP contribution in [0.5, 0.6) is 0 Å². The number of aryl methyl sites for hydroxylation is 1. The van der Waals surface area contributed by atoms with E-state index in [1.54, 1.807) is 0 Å². The molecule has 0 saturated heterocycles. The van der Waals surface area contributed by atoms with Crippen LogP contribution in [0.1, 0.15) is 27.2 Å². The van der Waals surface area contributed by atoms with Gasteiger partial charge in [-0.2, -0.15) is 0 Å². The van der Waals surface area contributed by atoms with Gasteiger partial charge < -0.3 is 15.0 Å². The minimum absolute atomic E-state index is 0.0898. The van der Waals surface area contributed by atoms with Crippen molar-refractivity contribution >= 4 is 11.0 Å². The van der Waals surface area contributed by atoms with Crippen molar-refractivity contribution in [2.75, 3.05) is 6.54 Å². The van der Waals surface area contributed by atoms with Crippen LogP contribution < -0.4 is 5.32 Å². The van der Waals surface area contributed by atoms with Crippen molar-refractivity contribution in [3.8, 4) is 0 Å². The molecule has 19 heavy (non-hydrogen) atoms. The number of para-hydroxylation sites is 2. The van der Waals surface area contributed by atoms with E-state index in [0.29, 0.717) is 0 Å². The van der Waals surface area contributed by atoms with Crippen molar-refractivity contribution in [3.05, 3.63) is 30.6 Å². The lowest BCUT2D eigenvalue weighted by Gasteiger charge is -2.26. The molecule has 0 saturated carbocycles. The van der Waals surface area contributed by atoms with Crippen LogP contribution in [0.25, 0.3) is 11.0 Å². The van der Waals surface area contributed by atoms with Crippen molar-refractivity contribution in [3.63, 3.8) is 0 Å². The number of nitrogens with one attached hydrogen (secondary N) is 1. The Kier molecular flexibility index (Phi) is 4.22. The number of hydrogen-bond donors (Lipinski definition) is 2. The third-order valence-electron chi connectivity index (χ3n) is 3.61. The number of rotatable bonds is 6. The summed E-state index contributed by atoms with van der Waals surface area (Å²) in [6.45, 7) is 7.48. The summed E-state index contributed by atoms with van der Waals surface area (Å²) < 4.78 is 2.17. The van der Waals surface area contributed by atoms with Gasteiger partial charge in [0.25, 0.3) is 0 Å². The number of nitrogens with zero attached hydrogens (tertiary/aromatic N) is 2. The average molecular weight is 261 g/mol. The molecule has 0 bridgehead atoms. The van der Waals surface area contributed by atoms with E-state index in [-0.39, 0.29) is 6.04 Å². The predicted molar refractivity (Wildman–Crippen MR) is 78.1 cm³/mol.